The highest BCUT2D eigenvalue weighted by atomic mass is 16.5. The lowest BCUT2D eigenvalue weighted by molar-refractivity contribution is -0.138. The fourth-order valence-electron chi connectivity index (χ4n) is 2.48. The number of hydrogen-bond acceptors (Lipinski definition) is 4. The Morgan fingerprint density at radius 2 is 2.00 bits per heavy atom. The predicted octanol–water partition coefficient (Wildman–Crippen LogP) is 5.12. The van der Waals surface area contributed by atoms with Gasteiger partial charge in [0.25, 0.3) is 0 Å². The van der Waals surface area contributed by atoms with E-state index in [4.69, 9.17) is 9.47 Å². The standard InChI is InChI=1S/C19H27NO3.C2H6/c1-8-16-11-17(19(21)22-10-3)14(6)18(20(16)9-2)15(7)23-12-13(4)5;1-2/h8-9,11,15H,2,4,10,12H2,1,3,5-7H3;1-2H3/b16-8-;. The van der Waals surface area contributed by atoms with E-state index in [-0.39, 0.29) is 12.1 Å². The molecule has 0 saturated carbocycles. The Morgan fingerprint density at radius 3 is 2.44 bits per heavy atom. The molecule has 0 N–H and O–H groups in total. The maximum atomic E-state index is 12.2. The number of hydrogen-bond donors (Lipinski definition) is 0. The van der Waals surface area contributed by atoms with Crippen LogP contribution in [0, 0.1) is 0 Å². The molecule has 4 heteroatoms. The Morgan fingerprint density at radius 1 is 1.40 bits per heavy atom. The molecule has 0 radical (unpaired) electrons. The largest absolute Gasteiger partial charge is 0.462 e. The van der Waals surface area contributed by atoms with Crippen LogP contribution in [0.4, 0.5) is 0 Å². The zero-order valence-electron chi connectivity index (χ0n) is 16.8. The van der Waals surface area contributed by atoms with Gasteiger partial charge in [-0.1, -0.05) is 38.7 Å². The molecule has 0 bridgehead atoms. The van der Waals surface area contributed by atoms with Crippen molar-refractivity contribution in [1.29, 1.82) is 0 Å². The lowest BCUT2D eigenvalue weighted by Crippen LogP contribution is -2.31. The van der Waals surface area contributed by atoms with Gasteiger partial charge in [0.05, 0.1) is 30.6 Å². The zero-order valence-corrected chi connectivity index (χ0v) is 16.8. The van der Waals surface area contributed by atoms with Gasteiger partial charge in [-0.3, -0.25) is 0 Å². The molecule has 140 valence electrons. The quantitative estimate of drug-likeness (QED) is 0.473. The van der Waals surface area contributed by atoms with Gasteiger partial charge < -0.3 is 14.4 Å². The minimum Gasteiger partial charge on any atom is -0.462 e. The summed E-state index contributed by atoms with van der Waals surface area (Å²) in [5.74, 6) is -0.322. The van der Waals surface area contributed by atoms with Crippen LogP contribution in [0.3, 0.4) is 0 Å². The summed E-state index contributed by atoms with van der Waals surface area (Å²) in [5, 5.41) is 0. The molecule has 0 aromatic carbocycles. The minimum atomic E-state index is -0.322. The molecule has 4 nitrogen and oxygen atoms in total. The highest BCUT2D eigenvalue weighted by Gasteiger charge is 2.29. The molecule has 1 aliphatic heterocycles. The highest BCUT2D eigenvalue weighted by Crippen LogP contribution is 2.33. The van der Waals surface area contributed by atoms with Gasteiger partial charge >= 0.3 is 5.97 Å². The highest BCUT2D eigenvalue weighted by molar-refractivity contribution is 5.94. The molecule has 1 aliphatic rings. The predicted molar refractivity (Wildman–Crippen MR) is 105 cm³/mol. The molecule has 1 unspecified atom stereocenters. The molecule has 25 heavy (non-hydrogen) atoms. The molecule has 0 aromatic heterocycles. The fourth-order valence-corrected chi connectivity index (χ4v) is 2.48. The number of nitrogens with zero attached hydrogens (tertiary/aromatic N) is 1. The fraction of sp³-hybridized carbons (Fsp3) is 0.476. The maximum Gasteiger partial charge on any atom is 0.338 e. The van der Waals surface area contributed by atoms with Gasteiger partial charge in [0, 0.05) is 11.9 Å². The first kappa shape index (κ1) is 22.9. The number of carbonyl (C=O) groups excluding carboxylic acids is 1. The van der Waals surface area contributed by atoms with Crippen molar-refractivity contribution in [2.24, 2.45) is 0 Å². The summed E-state index contributed by atoms with van der Waals surface area (Å²) in [6, 6.07) is 0. The van der Waals surface area contributed by atoms with Crippen molar-refractivity contribution < 1.29 is 14.3 Å². The summed E-state index contributed by atoms with van der Waals surface area (Å²) in [7, 11) is 0. The van der Waals surface area contributed by atoms with Crippen LogP contribution >= 0.6 is 0 Å². The van der Waals surface area contributed by atoms with Crippen LogP contribution in [0.1, 0.15) is 48.5 Å². The second-order valence-corrected chi connectivity index (χ2v) is 5.47. The number of ether oxygens (including phenoxy) is 2. The molecule has 0 aromatic rings. The van der Waals surface area contributed by atoms with E-state index in [9.17, 15) is 4.79 Å². The van der Waals surface area contributed by atoms with Gasteiger partial charge in [-0.05, 0) is 46.3 Å². The second kappa shape index (κ2) is 11.5. The molecule has 1 atom stereocenters. The van der Waals surface area contributed by atoms with E-state index in [0.29, 0.717) is 18.8 Å². The average Bonchev–Trinajstić information content (AvgIpc) is 2.60. The van der Waals surface area contributed by atoms with E-state index in [0.717, 1.165) is 22.5 Å². The Bertz CT molecular complexity index is 582. The lowest BCUT2D eigenvalue weighted by atomic mass is 9.96. The van der Waals surface area contributed by atoms with Crippen molar-refractivity contribution in [3.63, 3.8) is 0 Å². The topological polar surface area (TPSA) is 38.8 Å². The van der Waals surface area contributed by atoms with Crippen LogP contribution in [-0.4, -0.2) is 30.2 Å². The third kappa shape index (κ3) is 6.05. The first-order chi connectivity index (χ1) is 11.9. The van der Waals surface area contributed by atoms with Gasteiger partial charge in [0.15, 0.2) is 0 Å². The summed E-state index contributed by atoms with van der Waals surface area (Å²) in [6.45, 7) is 22.0. The first-order valence-electron chi connectivity index (χ1n) is 8.81. The van der Waals surface area contributed by atoms with E-state index in [1.165, 1.54) is 0 Å². The molecule has 0 amide bonds. The first-order valence-corrected chi connectivity index (χ1v) is 8.81. The third-order valence-corrected chi connectivity index (χ3v) is 3.56. The van der Waals surface area contributed by atoms with Gasteiger partial charge in [0.2, 0.25) is 0 Å². The van der Waals surface area contributed by atoms with E-state index in [1.54, 1.807) is 13.1 Å². The number of esters is 1. The van der Waals surface area contributed by atoms with Crippen molar-refractivity contribution in [2.45, 2.75) is 54.6 Å². The van der Waals surface area contributed by atoms with Crippen LogP contribution in [0.25, 0.3) is 0 Å². The molecular weight excluding hydrogens is 314 g/mol. The second-order valence-electron chi connectivity index (χ2n) is 5.47. The van der Waals surface area contributed by atoms with Crippen molar-refractivity contribution in [2.75, 3.05) is 13.2 Å². The van der Waals surface area contributed by atoms with Crippen LogP contribution in [0.5, 0.6) is 0 Å². The smallest absolute Gasteiger partial charge is 0.338 e. The number of rotatable bonds is 7. The van der Waals surface area contributed by atoms with E-state index in [1.807, 2.05) is 58.6 Å². The van der Waals surface area contributed by atoms with Crippen LogP contribution in [-0.2, 0) is 14.3 Å². The van der Waals surface area contributed by atoms with Crippen LogP contribution < -0.4 is 0 Å². The van der Waals surface area contributed by atoms with E-state index >= 15 is 0 Å². The Labute approximate surface area is 153 Å². The molecule has 0 saturated heterocycles. The van der Waals surface area contributed by atoms with Crippen LogP contribution in [0.2, 0.25) is 0 Å². The van der Waals surface area contributed by atoms with Crippen LogP contribution in [0.15, 0.2) is 59.6 Å². The SMILES string of the molecule is C=CN1C(C(C)OCC(=C)C)=C(C)C(C(=O)OCC)=C/C1=C/C.CC. The Kier molecular flexibility index (Phi) is 10.5. The average molecular weight is 347 g/mol. The van der Waals surface area contributed by atoms with Crippen molar-refractivity contribution in [3.05, 3.63) is 59.6 Å². The van der Waals surface area contributed by atoms with Crippen molar-refractivity contribution in [3.8, 4) is 0 Å². The molecule has 0 fully saturated rings. The Hall–Kier alpha value is -2.07. The molecule has 0 aliphatic carbocycles. The summed E-state index contributed by atoms with van der Waals surface area (Å²) >= 11 is 0. The number of carbonyl (C=O) groups is 1. The van der Waals surface area contributed by atoms with Gasteiger partial charge in [0.1, 0.15) is 0 Å². The Balaban J connectivity index is 0.00000277. The van der Waals surface area contributed by atoms with Gasteiger partial charge in [-0.25, -0.2) is 4.79 Å². The third-order valence-electron chi connectivity index (χ3n) is 3.56. The molecule has 0 spiro atoms. The molecule has 1 heterocycles. The maximum absolute atomic E-state index is 12.2. The van der Waals surface area contributed by atoms with E-state index < -0.39 is 0 Å². The summed E-state index contributed by atoms with van der Waals surface area (Å²) in [4.78, 5) is 14.2. The molecular formula is C21H33NO3. The minimum absolute atomic E-state index is 0.210. The summed E-state index contributed by atoms with van der Waals surface area (Å²) < 4.78 is 11.0. The van der Waals surface area contributed by atoms with Gasteiger partial charge in [-0.15, -0.1) is 0 Å². The summed E-state index contributed by atoms with van der Waals surface area (Å²) in [5.41, 5.74) is 4.10. The van der Waals surface area contributed by atoms with Crippen molar-refractivity contribution >= 4 is 5.97 Å². The molecule has 1 rings (SSSR count). The van der Waals surface area contributed by atoms with Gasteiger partial charge in [-0.2, -0.15) is 0 Å². The van der Waals surface area contributed by atoms with Crippen molar-refractivity contribution in [1.82, 2.24) is 4.90 Å². The lowest BCUT2D eigenvalue weighted by Gasteiger charge is -2.34. The monoisotopic (exact) mass is 347 g/mol. The van der Waals surface area contributed by atoms with E-state index in [2.05, 4.69) is 13.2 Å². The zero-order chi connectivity index (χ0) is 19.6. The number of allylic oxidation sites excluding steroid dienone is 2. The summed E-state index contributed by atoms with van der Waals surface area (Å²) in [6.07, 6.45) is 5.27. The normalized spacial score (nSPS) is 16.7.